The zero-order valence-electron chi connectivity index (χ0n) is 5.97. The van der Waals surface area contributed by atoms with Gasteiger partial charge < -0.3 is 5.73 Å². The summed E-state index contributed by atoms with van der Waals surface area (Å²) in [6, 6.07) is 0.496. The van der Waals surface area contributed by atoms with Crippen molar-refractivity contribution in [3.05, 3.63) is 0 Å². The maximum absolute atomic E-state index is 5.79. The van der Waals surface area contributed by atoms with Gasteiger partial charge in [-0.15, -0.1) is 0 Å². The predicted molar refractivity (Wildman–Crippen MR) is 43.7 cm³/mol. The highest BCUT2D eigenvalue weighted by Gasteiger charge is 2.17. The third-order valence-electron chi connectivity index (χ3n) is 1.86. The molecule has 0 bridgehead atoms. The fourth-order valence-corrected chi connectivity index (χ4v) is 2.59. The maximum Gasteiger partial charge on any atom is 0.00591 e. The van der Waals surface area contributed by atoms with E-state index in [-0.39, 0.29) is 0 Å². The minimum Gasteiger partial charge on any atom is -0.328 e. The van der Waals surface area contributed by atoms with Crippen LogP contribution in [0.3, 0.4) is 0 Å². The Balaban J connectivity index is 2.23. The van der Waals surface area contributed by atoms with E-state index in [2.05, 4.69) is 18.7 Å². The van der Waals surface area contributed by atoms with E-state index < -0.39 is 0 Å². The lowest BCUT2D eigenvalue weighted by Crippen LogP contribution is -2.29. The van der Waals surface area contributed by atoms with E-state index >= 15 is 0 Å². The van der Waals surface area contributed by atoms with Gasteiger partial charge in [0.05, 0.1) is 0 Å². The molecule has 1 fully saturated rings. The maximum atomic E-state index is 5.79. The van der Waals surface area contributed by atoms with Crippen LogP contribution in [0.5, 0.6) is 0 Å². The molecule has 0 aliphatic carbocycles. The first-order valence-electron chi connectivity index (χ1n) is 3.70. The Morgan fingerprint density at radius 1 is 1.67 bits per heavy atom. The van der Waals surface area contributed by atoms with E-state index in [1.807, 2.05) is 0 Å². The SMILES string of the molecule is CCC1CC(N)CCS1. The van der Waals surface area contributed by atoms with Gasteiger partial charge in [0, 0.05) is 11.3 Å². The van der Waals surface area contributed by atoms with Crippen molar-refractivity contribution in [1.82, 2.24) is 0 Å². The summed E-state index contributed by atoms with van der Waals surface area (Å²) < 4.78 is 0. The van der Waals surface area contributed by atoms with Gasteiger partial charge in [-0.2, -0.15) is 11.8 Å². The first-order chi connectivity index (χ1) is 4.33. The average Bonchev–Trinajstić information content (AvgIpc) is 1.88. The molecule has 1 nitrogen and oxygen atoms in total. The second-order valence-corrected chi connectivity index (χ2v) is 4.09. The molecule has 0 saturated carbocycles. The van der Waals surface area contributed by atoms with Crippen LogP contribution in [-0.4, -0.2) is 17.0 Å². The molecular formula is C7H15NS. The topological polar surface area (TPSA) is 26.0 Å². The van der Waals surface area contributed by atoms with Crippen molar-refractivity contribution in [3.8, 4) is 0 Å². The van der Waals surface area contributed by atoms with Crippen molar-refractivity contribution in [2.24, 2.45) is 5.73 Å². The van der Waals surface area contributed by atoms with Gasteiger partial charge in [0.25, 0.3) is 0 Å². The smallest absolute Gasteiger partial charge is 0.00591 e. The molecule has 54 valence electrons. The van der Waals surface area contributed by atoms with Gasteiger partial charge in [0.1, 0.15) is 0 Å². The van der Waals surface area contributed by atoms with E-state index in [4.69, 9.17) is 5.73 Å². The molecule has 0 spiro atoms. The minimum atomic E-state index is 0.496. The third-order valence-corrected chi connectivity index (χ3v) is 3.33. The molecule has 2 unspecified atom stereocenters. The highest BCUT2D eigenvalue weighted by Crippen LogP contribution is 2.26. The van der Waals surface area contributed by atoms with Crippen LogP contribution < -0.4 is 5.73 Å². The molecule has 1 saturated heterocycles. The second kappa shape index (κ2) is 3.47. The molecule has 9 heavy (non-hydrogen) atoms. The quantitative estimate of drug-likeness (QED) is 0.607. The van der Waals surface area contributed by atoms with Crippen LogP contribution in [0.25, 0.3) is 0 Å². The number of hydrogen-bond acceptors (Lipinski definition) is 2. The summed E-state index contributed by atoms with van der Waals surface area (Å²) in [5.41, 5.74) is 5.79. The highest BCUT2D eigenvalue weighted by molar-refractivity contribution is 7.99. The summed E-state index contributed by atoms with van der Waals surface area (Å²) in [7, 11) is 0. The first kappa shape index (κ1) is 7.42. The van der Waals surface area contributed by atoms with Crippen molar-refractivity contribution in [2.75, 3.05) is 5.75 Å². The van der Waals surface area contributed by atoms with Gasteiger partial charge >= 0.3 is 0 Å². The standard InChI is InChI=1S/C7H15NS/c1-2-7-5-6(8)3-4-9-7/h6-7H,2-5,8H2,1H3. The van der Waals surface area contributed by atoms with Crippen molar-refractivity contribution in [3.63, 3.8) is 0 Å². The lowest BCUT2D eigenvalue weighted by molar-refractivity contribution is 0.557. The van der Waals surface area contributed by atoms with Crippen molar-refractivity contribution < 1.29 is 0 Å². The van der Waals surface area contributed by atoms with Crippen LogP contribution in [0, 0.1) is 0 Å². The number of thioether (sulfide) groups is 1. The zero-order chi connectivity index (χ0) is 6.69. The van der Waals surface area contributed by atoms with Crippen LogP contribution in [0.4, 0.5) is 0 Å². The highest BCUT2D eigenvalue weighted by atomic mass is 32.2. The van der Waals surface area contributed by atoms with Gasteiger partial charge in [-0.3, -0.25) is 0 Å². The molecule has 2 atom stereocenters. The fraction of sp³-hybridized carbons (Fsp3) is 1.00. The summed E-state index contributed by atoms with van der Waals surface area (Å²) in [5, 5.41) is 0.855. The summed E-state index contributed by atoms with van der Waals surface area (Å²) in [6.45, 7) is 2.25. The average molecular weight is 145 g/mol. The zero-order valence-corrected chi connectivity index (χ0v) is 6.79. The normalized spacial score (nSPS) is 36.7. The second-order valence-electron chi connectivity index (χ2n) is 2.69. The molecule has 2 N–H and O–H groups in total. The van der Waals surface area contributed by atoms with Crippen LogP contribution in [0.15, 0.2) is 0 Å². The Labute approximate surface area is 61.4 Å². The van der Waals surface area contributed by atoms with Gasteiger partial charge in [-0.1, -0.05) is 6.92 Å². The van der Waals surface area contributed by atoms with E-state index in [0.717, 1.165) is 5.25 Å². The Kier molecular flexibility index (Phi) is 2.86. The van der Waals surface area contributed by atoms with Gasteiger partial charge in [0.15, 0.2) is 0 Å². The van der Waals surface area contributed by atoms with Crippen LogP contribution in [-0.2, 0) is 0 Å². The molecule has 1 aliphatic rings. The van der Waals surface area contributed by atoms with Crippen LogP contribution >= 0.6 is 11.8 Å². The van der Waals surface area contributed by atoms with E-state index in [9.17, 15) is 0 Å². The first-order valence-corrected chi connectivity index (χ1v) is 4.75. The largest absolute Gasteiger partial charge is 0.328 e. The molecule has 1 heterocycles. The molecule has 0 radical (unpaired) electrons. The van der Waals surface area contributed by atoms with Crippen molar-refractivity contribution >= 4 is 11.8 Å². The monoisotopic (exact) mass is 145 g/mol. The third kappa shape index (κ3) is 2.18. The molecule has 0 aromatic heterocycles. The van der Waals surface area contributed by atoms with Crippen molar-refractivity contribution in [2.45, 2.75) is 37.5 Å². The van der Waals surface area contributed by atoms with Crippen LogP contribution in [0.2, 0.25) is 0 Å². The Bertz CT molecular complexity index is 85.0. The molecule has 0 aromatic carbocycles. The molecule has 0 amide bonds. The van der Waals surface area contributed by atoms with Gasteiger partial charge in [-0.25, -0.2) is 0 Å². The van der Waals surface area contributed by atoms with Crippen molar-refractivity contribution in [1.29, 1.82) is 0 Å². The summed E-state index contributed by atoms with van der Waals surface area (Å²) in [6.07, 6.45) is 3.75. The Morgan fingerprint density at radius 2 is 2.44 bits per heavy atom. The molecular weight excluding hydrogens is 130 g/mol. The Hall–Kier alpha value is 0.310. The van der Waals surface area contributed by atoms with E-state index in [1.165, 1.54) is 25.0 Å². The molecule has 1 aliphatic heterocycles. The van der Waals surface area contributed by atoms with E-state index in [0.29, 0.717) is 6.04 Å². The van der Waals surface area contributed by atoms with Crippen LogP contribution in [0.1, 0.15) is 26.2 Å². The number of rotatable bonds is 1. The summed E-state index contributed by atoms with van der Waals surface area (Å²) in [5.74, 6) is 1.28. The lowest BCUT2D eigenvalue weighted by Gasteiger charge is -2.24. The minimum absolute atomic E-state index is 0.496. The van der Waals surface area contributed by atoms with E-state index in [1.54, 1.807) is 0 Å². The van der Waals surface area contributed by atoms with Gasteiger partial charge in [0.2, 0.25) is 0 Å². The Morgan fingerprint density at radius 3 is 2.89 bits per heavy atom. The fourth-order valence-electron chi connectivity index (χ4n) is 1.19. The molecule has 2 heteroatoms. The van der Waals surface area contributed by atoms with Gasteiger partial charge in [-0.05, 0) is 25.0 Å². The number of hydrogen-bond donors (Lipinski definition) is 1. The number of nitrogens with two attached hydrogens (primary N) is 1. The molecule has 1 rings (SSSR count). The summed E-state index contributed by atoms with van der Waals surface area (Å²) >= 11 is 2.09. The molecule has 0 aromatic rings. The lowest BCUT2D eigenvalue weighted by atomic mass is 10.1. The predicted octanol–water partition coefficient (Wildman–Crippen LogP) is 1.62. The summed E-state index contributed by atoms with van der Waals surface area (Å²) in [4.78, 5) is 0.